The molecule has 4 nitrogen and oxygen atoms in total. The van der Waals surface area contributed by atoms with Gasteiger partial charge in [0.1, 0.15) is 11.5 Å². The molecule has 0 fully saturated rings. The third-order valence-corrected chi connectivity index (χ3v) is 4.20. The van der Waals surface area contributed by atoms with Gasteiger partial charge in [-0.25, -0.2) is 0 Å². The van der Waals surface area contributed by atoms with Crippen molar-refractivity contribution in [3.8, 4) is 11.5 Å². The van der Waals surface area contributed by atoms with Crippen molar-refractivity contribution < 1.29 is 9.47 Å². The molecule has 0 bridgehead atoms. The molecule has 0 radical (unpaired) electrons. The van der Waals surface area contributed by atoms with E-state index in [4.69, 9.17) is 20.9 Å². The second-order valence-electron chi connectivity index (χ2n) is 6.46. The van der Waals surface area contributed by atoms with Gasteiger partial charge in [0.25, 0.3) is 0 Å². The van der Waals surface area contributed by atoms with Gasteiger partial charge in [-0.05, 0) is 61.4 Å². The molecular weight excluding hydrogens is 312 g/mol. The lowest BCUT2D eigenvalue weighted by Gasteiger charge is -2.21. The predicted molar refractivity (Wildman–Crippen MR) is 105 cm³/mol. The van der Waals surface area contributed by atoms with Gasteiger partial charge in [0.05, 0.1) is 0 Å². The van der Waals surface area contributed by atoms with E-state index in [0.717, 1.165) is 41.3 Å². The van der Waals surface area contributed by atoms with Gasteiger partial charge in [-0.1, -0.05) is 32.6 Å². The number of rotatable bonds is 10. The number of hydrogen-bond acceptors (Lipinski definition) is 4. The first-order chi connectivity index (χ1) is 12.1. The van der Waals surface area contributed by atoms with Crippen LogP contribution in [0.5, 0.6) is 11.5 Å². The first-order valence-electron chi connectivity index (χ1n) is 9.13. The summed E-state index contributed by atoms with van der Waals surface area (Å²) in [6.45, 7) is 4.20. The lowest BCUT2D eigenvalue weighted by molar-refractivity contribution is -0.00246. The number of benzene rings is 2. The van der Waals surface area contributed by atoms with Crippen LogP contribution in [0.1, 0.15) is 51.0 Å². The van der Waals surface area contributed by atoms with Crippen LogP contribution in [0.3, 0.4) is 0 Å². The summed E-state index contributed by atoms with van der Waals surface area (Å²) in [6.07, 6.45) is 6.57. The highest BCUT2D eigenvalue weighted by Gasteiger charge is 2.13. The average Bonchev–Trinajstić information content (AvgIpc) is 2.60. The molecule has 0 aliphatic rings. The van der Waals surface area contributed by atoms with Crippen molar-refractivity contribution in [2.75, 3.05) is 11.5 Å². The molecule has 2 aromatic rings. The van der Waals surface area contributed by atoms with Gasteiger partial charge < -0.3 is 20.9 Å². The van der Waals surface area contributed by atoms with Gasteiger partial charge in [-0.3, -0.25) is 0 Å². The van der Waals surface area contributed by atoms with Crippen molar-refractivity contribution in [1.29, 1.82) is 0 Å². The maximum absolute atomic E-state index is 6.08. The Balaban J connectivity index is 1.99. The Hall–Kier alpha value is -2.36. The Labute approximate surface area is 151 Å². The molecule has 0 aliphatic carbocycles. The van der Waals surface area contributed by atoms with Crippen molar-refractivity contribution >= 4 is 11.4 Å². The fraction of sp³-hybridized carbons (Fsp3) is 0.429. The monoisotopic (exact) mass is 342 g/mol. The molecule has 2 rings (SSSR count). The first-order valence-corrected chi connectivity index (χ1v) is 9.13. The number of hydrogen-bond donors (Lipinski definition) is 2. The van der Waals surface area contributed by atoms with E-state index in [1.807, 2.05) is 49.4 Å². The van der Waals surface area contributed by atoms with E-state index in [0.29, 0.717) is 0 Å². The smallest absolute Gasteiger partial charge is 0.241 e. The summed E-state index contributed by atoms with van der Waals surface area (Å²) in [5.41, 5.74) is 14.1. The predicted octanol–water partition coefficient (Wildman–Crippen LogP) is 5.30. The van der Waals surface area contributed by atoms with Crippen molar-refractivity contribution in [3.63, 3.8) is 0 Å². The summed E-state index contributed by atoms with van der Waals surface area (Å²) in [4.78, 5) is 0. The van der Waals surface area contributed by atoms with Crippen LogP contribution >= 0.6 is 0 Å². The molecule has 136 valence electrons. The molecule has 0 saturated heterocycles. The maximum atomic E-state index is 6.08. The average molecular weight is 342 g/mol. The van der Waals surface area contributed by atoms with Crippen LogP contribution in [0.15, 0.2) is 42.5 Å². The largest absolute Gasteiger partial charge is 0.455 e. The van der Waals surface area contributed by atoms with E-state index < -0.39 is 0 Å². The summed E-state index contributed by atoms with van der Waals surface area (Å²) in [6, 6.07) is 13.1. The fourth-order valence-corrected chi connectivity index (χ4v) is 2.63. The molecule has 1 atom stereocenters. The van der Waals surface area contributed by atoms with Crippen LogP contribution in [0.2, 0.25) is 0 Å². The third-order valence-electron chi connectivity index (χ3n) is 4.20. The highest BCUT2D eigenvalue weighted by Crippen LogP contribution is 2.23. The molecule has 4 N–H and O–H groups in total. The minimum absolute atomic E-state index is 0.326. The molecule has 2 aromatic carbocycles. The molecule has 25 heavy (non-hydrogen) atoms. The number of unbranched alkanes of at least 4 members (excludes halogenated alkanes) is 4. The van der Waals surface area contributed by atoms with Crippen molar-refractivity contribution in [1.82, 2.24) is 0 Å². The second kappa shape index (κ2) is 9.82. The van der Waals surface area contributed by atoms with Gasteiger partial charge in [-0.15, -0.1) is 0 Å². The van der Waals surface area contributed by atoms with E-state index >= 15 is 0 Å². The number of ether oxygens (including phenoxy) is 2. The van der Waals surface area contributed by atoms with Crippen LogP contribution < -0.4 is 20.9 Å². The zero-order chi connectivity index (χ0) is 18.1. The molecule has 0 saturated carbocycles. The van der Waals surface area contributed by atoms with Gasteiger partial charge in [-0.2, -0.15) is 0 Å². The normalized spacial score (nSPS) is 11.9. The topological polar surface area (TPSA) is 70.5 Å². The van der Waals surface area contributed by atoms with Crippen LogP contribution in [-0.4, -0.2) is 6.29 Å². The maximum Gasteiger partial charge on any atom is 0.241 e. The van der Waals surface area contributed by atoms with E-state index in [1.54, 1.807) is 0 Å². The van der Waals surface area contributed by atoms with Crippen molar-refractivity contribution in [2.45, 2.75) is 58.7 Å². The summed E-state index contributed by atoms with van der Waals surface area (Å²) in [7, 11) is 0. The van der Waals surface area contributed by atoms with Crippen molar-refractivity contribution in [3.05, 3.63) is 48.0 Å². The molecule has 0 amide bonds. The second-order valence-corrected chi connectivity index (χ2v) is 6.46. The molecule has 0 aliphatic heterocycles. The molecule has 0 spiro atoms. The minimum atomic E-state index is -0.326. The number of anilines is 2. The SMILES string of the molecule is CCCCCCCC(Oc1ccc(N)cc1)Oc1ccc(N)c(C)c1. The number of nitrogens with two attached hydrogens (primary N) is 2. The Morgan fingerprint density at radius 2 is 1.48 bits per heavy atom. The van der Waals surface area contributed by atoms with Gasteiger partial charge in [0, 0.05) is 17.8 Å². The fourth-order valence-electron chi connectivity index (χ4n) is 2.63. The van der Waals surface area contributed by atoms with E-state index in [2.05, 4.69) is 6.92 Å². The standard InChI is InChI=1S/C21H30N2O2/c1-3-4-5-6-7-8-21(24-18-11-9-17(22)10-12-18)25-19-13-14-20(23)16(2)15-19/h9-15,21H,3-8,22-23H2,1-2H3. The highest BCUT2D eigenvalue weighted by molar-refractivity contribution is 5.49. The number of aryl methyl sites for hydroxylation is 1. The third kappa shape index (κ3) is 6.57. The lowest BCUT2D eigenvalue weighted by Crippen LogP contribution is -2.24. The van der Waals surface area contributed by atoms with Gasteiger partial charge in [0.15, 0.2) is 0 Å². The van der Waals surface area contributed by atoms with E-state index in [-0.39, 0.29) is 6.29 Å². The van der Waals surface area contributed by atoms with Crippen LogP contribution in [0.25, 0.3) is 0 Å². The molecule has 0 heterocycles. The summed E-state index contributed by atoms with van der Waals surface area (Å²) < 4.78 is 12.1. The molecule has 0 aromatic heterocycles. The zero-order valence-corrected chi connectivity index (χ0v) is 15.3. The Morgan fingerprint density at radius 1 is 0.840 bits per heavy atom. The van der Waals surface area contributed by atoms with Crippen molar-refractivity contribution in [2.24, 2.45) is 0 Å². The quantitative estimate of drug-likeness (QED) is 0.349. The summed E-state index contributed by atoms with van der Waals surface area (Å²) in [5.74, 6) is 1.54. The van der Waals surface area contributed by atoms with E-state index in [9.17, 15) is 0 Å². The molecule has 1 unspecified atom stereocenters. The molecular formula is C21H30N2O2. The van der Waals surface area contributed by atoms with Gasteiger partial charge in [0.2, 0.25) is 6.29 Å². The van der Waals surface area contributed by atoms with Crippen LogP contribution in [-0.2, 0) is 0 Å². The van der Waals surface area contributed by atoms with Crippen LogP contribution in [0.4, 0.5) is 11.4 Å². The number of nitrogen functional groups attached to an aromatic ring is 2. The molecule has 4 heteroatoms. The zero-order valence-electron chi connectivity index (χ0n) is 15.3. The van der Waals surface area contributed by atoms with Crippen LogP contribution in [0, 0.1) is 6.92 Å². The first kappa shape index (κ1) is 19.0. The Kier molecular flexibility index (Phi) is 7.45. The van der Waals surface area contributed by atoms with Gasteiger partial charge >= 0.3 is 0 Å². The highest BCUT2D eigenvalue weighted by atomic mass is 16.7. The Bertz CT molecular complexity index is 641. The summed E-state index contributed by atoms with van der Waals surface area (Å²) in [5, 5.41) is 0. The summed E-state index contributed by atoms with van der Waals surface area (Å²) >= 11 is 0. The minimum Gasteiger partial charge on any atom is -0.455 e. The Morgan fingerprint density at radius 3 is 2.16 bits per heavy atom. The van der Waals surface area contributed by atoms with E-state index in [1.165, 1.54) is 25.7 Å². The lowest BCUT2D eigenvalue weighted by atomic mass is 10.1.